The number of aliphatic hydroxyl groups excluding tert-OH is 1. The van der Waals surface area contributed by atoms with Crippen LogP contribution >= 0.6 is 0 Å². The van der Waals surface area contributed by atoms with E-state index in [4.69, 9.17) is 9.47 Å². The molecule has 1 aromatic carbocycles. The van der Waals surface area contributed by atoms with Gasteiger partial charge in [0.15, 0.2) is 6.61 Å². The zero-order valence-electron chi connectivity index (χ0n) is 11.9. The molecule has 5 heteroatoms. The van der Waals surface area contributed by atoms with Crippen molar-refractivity contribution in [1.82, 2.24) is 5.32 Å². The normalized spacial score (nSPS) is 16.7. The van der Waals surface area contributed by atoms with Gasteiger partial charge < -0.3 is 19.9 Å². The maximum Gasteiger partial charge on any atom is 0.257 e. The highest BCUT2D eigenvalue weighted by molar-refractivity contribution is 5.77. The van der Waals surface area contributed by atoms with Crippen LogP contribution in [0.15, 0.2) is 18.2 Å². The molecule has 2 N–H and O–H groups in total. The number of benzene rings is 1. The van der Waals surface area contributed by atoms with Gasteiger partial charge in [-0.1, -0.05) is 13.8 Å². The first-order chi connectivity index (χ1) is 9.56. The molecule has 1 aromatic rings. The Morgan fingerprint density at radius 3 is 3.10 bits per heavy atom. The fourth-order valence-electron chi connectivity index (χ4n) is 1.96. The number of aliphatic hydroxyl groups is 1. The molecule has 0 bridgehead atoms. The van der Waals surface area contributed by atoms with Gasteiger partial charge in [-0.2, -0.15) is 0 Å². The molecule has 0 radical (unpaired) electrons. The summed E-state index contributed by atoms with van der Waals surface area (Å²) < 4.78 is 10.7. The van der Waals surface area contributed by atoms with Crippen molar-refractivity contribution in [3.8, 4) is 11.5 Å². The Morgan fingerprint density at radius 1 is 1.55 bits per heavy atom. The largest absolute Gasteiger partial charge is 0.490 e. The summed E-state index contributed by atoms with van der Waals surface area (Å²) in [5.41, 5.74) is 0.763. The number of rotatable bonds is 6. The molecule has 1 amide bonds. The van der Waals surface area contributed by atoms with Crippen LogP contribution < -0.4 is 14.8 Å². The third kappa shape index (κ3) is 3.87. The summed E-state index contributed by atoms with van der Waals surface area (Å²) in [5, 5.41) is 12.4. The summed E-state index contributed by atoms with van der Waals surface area (Å²) in [6, 6.07) is 5.20. The maximum absolute atomic E-state index is 11.6. The molecular formula is C15H21NO4. The Bertz CT molecular complexity index is 473. The van der Waals surface area contributed by atoms with Crippen molar-refractivity contribution in [2.45, 2.75) is 26.4 Å². The van der Waals surface area contributed by atoms with Crippen molar-refractivity contribution >= 4 is 5.91 Å². The molecule has 1 aliphatic rings. The molecule has 0 fully saturated rings. The average Bonchev–Trinajstić information content (AvgIpc) is 2.77. The van der Waals surface area contributed by atoms with Gasteiger partial charge in [0.05, 0.1) is 0 Å². The minimum atomic E-state index is -0.571. The third-order valence-electron chi connectivity index (χ3n) is 3.15. The molecule has 1 atom stereocenters. The Morgan fingerprint density at radius 2 is 2.35 bits per heavy atom. The van der Waals surface area contributed by atoms with Crippen LogP contribution in [0, 0.1) is 5.92 Å². The molecule has 0 spiro atoms. The second-order valence-electron chi connectivity index (χ2n) is 5.35. The molecule has 1 aliphatic heterocycles. The van der Waals surface area contributed by atoms with E-state index in [0.717, 1.165) is 12.0 Å². The van der Waals surface area contributed by atoms with E-state index in [-0.39, 0.29) is 19.1 Å². The summed E-state index contributed by atoms with van der Waals surface area (Å²) in [7, 11) is 0. The predicted octanol–water partition coefficient (Wildman–Crippen LogP) is 1.65. The lowest BCUT2D eigenvalue weighted by atomic mass is 10.1. The van der Waals surface area contributed by atoms with Crippen LogP contribution in [0.2, 0.25) is 0 Å². The zero-order chi connectivity index (χ0) is 14.5. The van der Waals surface area contributed by atoms with Crippen molar-refractivity contribution in [3.05, 3.63) is 23.8 Å². The molecule has 0 saturated heterocycles. The zero-order valence-corrected chi connectivity index (χ0v) is 11.9. The summed E-state index contributed by atoms with van der Waals surface area (Å²) in [6.45, 7) is 5.15. The lowest BCUT2D eigenvalue weighted by Gasteiger charge is -2.09. The first-order valence-electron chi connectivity index (χ1n) is 6.90. The van der Waals surface area contributed by atoms with Crippen LogP contribution in [0.4, 0.5) is 0 Å². The predicted molar refractivity (Wildman–Crippen MR) is 74.9 cm³/mol. The van der Waals surface area contributed by atoms with Crippen LogP contribution in [0.1, 0.15) is 31.9 Å². The lowest BCUT2D eigenvalue weighted by molar-refractivity contribution is -0.123. The number of hydrogen-bond donors (Lipinski definition) is 2. The highest BCUT2D eigenvalue weighted by atomic mass is 16.5. The Balaban J connectivity index is 1.78. The van der Waals surface area contributed by atoms with E-state index < -0.39 is 6.10 Å². The van der Waals surface area contributed by atoms with Crippen LogP contribution in [-0.4, -0.2) is 30.8 Å². The molecule has 1 heterocycles. The molecule has 20 heavy (non-hydrogen) atoms. The summed E-state index contributed by atoms with van der Waals surface area (Å²) in [4.78, 5) is 11.6. The Labute approximate surface area is 118 Å². The van der Waals surface area contributed by atoms with Gasteiger partial charge in [0.1, 0.15) is 24.2 Å². The van der Waals surface area contributed by atoms with Gasteiger partial charge >= 0.3 is 0 Å². The Kier molecular flexibility index (Phi) is 4.84. The van der Waals surface area contributed by atoms with E-state index in [2.05, 4.69) is 19.2 Å². The molecular weight excluding hydrogens is 258 g/mol. The van der Waals surface area contributed by atoms with E-state index >= 15 is 0 Å². The van der Waals surface area contributed by atoms with Gasteiger partial charge in [-0.05, 0) is 24.5 Å². The lowest BCUT2D eigenvalue weighted by Crippen LogP contribution is -2.30. The standard InChI is InChI=1S/C15H21NO4/c1-10(2)5-6-16-15(18)9-19-11-3-4-12-13(17)8-20-14(12)7-11/h3-4,7,10,13,17H,5-6,8-9H2,1-2H3,(H,16,18). The van der Waals surface area contributed by atoms with Crippen molar-refractivity contribution in [2.75, 3.05) is 19.8 Å². The first-order valence-corrected chi connectivity index (χ1v) is 6.90. The first kappa shape index (κ1) is 14.7. The van der Waals surface area contributed by atoms with E-state index in [1.807, 2.05) is 0 Å². The highest BCUT2D eigenvalue weighted by Crippen LogP contribution is 2.34. The van der Waals surface area contributed by atoms with Gasteiger partial charge in [0, 0.05) is 18.2 Å². The number of nitrogens with one attached hydrogen (secondary N) is 1. The van der Waals surface area contributed by atoms with Gasteiger partial charge in [-0.15, -0.1) is 0 Å². The van der Waals surface area contributed by atoms with E-state index in [1.54, 1.807) is 18.2 Å². The number of fused-ring (bicyclic) bond motifs is 1. The number of carbonyl (C=O) groups is 1. The molecule has 5 nitrogen and oxygen atoms in total. The van der Waals surface area contributed by atoms with Gasteiger partial charge in [-0.3, -0.25) is 4.79 Å². The molecule has 110 valence electrons. The van der Waals surface area contributed by atoms with Crippen LogP contribution in [0.5, 0.6) is 11.5 Å². The number of amides is 1. The van der Waals surface area contributed by atoms with Crippen molar-refractivity contribution in [3.63, 3.8) is 0 Å². The molecule has 0 saturated carbocycles. The monoisotopic (exact) mass is 279 g/mol. The minimum absolute atomic E-state index is 0.0144. The van der Waals surface area contributed by atoms with E-state index in [9.17, 15) is 9.90 Å². The second-order valence-corrected chi connectivity index (χ2v) is 5.35. The van der Waals surface area contributed by atoms with Crippen LogP contribution in [-0.2, 0) is 4.79 Å². The summed E-state index contributed by atoms with van der Waals surface area (Å²) >= 11 is 0. The third-order valence-corrected chi connectivity index (χ3v) is 3.15. The average molecular weight is 279 g/mol. The summed E-state index contributed by atoms with van der Waals surface area (Å²) in [5.74, 6) is 1.62. The van der Waals surface area contributed by atoms with Gasteiger partial charge in [0.25, 0.3) is 5.91 Å². The number of ether oxygens (including phenoxy) is 2. The van der Waals surface area contributed by atoms with E-state index in [0.29, 0.717) is 24.0 Å². The molecule has 2 rings (SSSR count). The number of hydrogen-bond acceptors (Lipinski definition) is 4. The maximum atomic E-state index is 11.6. The molecule has 0 aromatic heterocycles. The fourth-order valence-corrected chi connectivity index (χ4v) is 1.96. The topological polar surface area (TPSA) is 67.8 Å². The van der Waals surface area contributed by atoms with Crippen molar-refractivity contribution in [1.29, 1.82) is 0 Å². The highest BCUT2D eigenvalue weighted by Gasteiger charge is 2.22. The van der Waals surface area contributed by atoms with Gasteiger partial charge in [0.2, 0.25) is 0 Å². The second kappa shape index (κ2) is 6.61. The molecule has 1 unspecified atom stereocenters. The minimum Gasteiger partial charge on any atom is -0.490 e. The van der Waals surface area contributed by atoms with E-state index in [1.165, 1.54) is 0 Å². The van der Waals surface area contributed by atoms with Crippen molar-refractivity contribution in [2.24, 2.45) is 5.92 Å². The quantitative estimate of drug-likeness (QED) is 0.831. The SMILES string of the molecule is CC(C)CCNC(=O)COc1ccc2c(c1)OCC2O. The smallest absolute Gasteiger partial charge is 0.257 e. The molecule has 0 aliphatic carbocycles. The van der Waals surface area contributed by atoms with Crippen LogP contribution in [0.25, 0.3) is 0 Å². The van der Waals surface area contributed by atoms with Gasteiger partial charge in [-0.25, -0.2) is 0 Å². The van der Waals surface area contributed by atoms with Crippen molar-refractivity contribution < 1.29 is 19.4 Å². The van der Waals surface area contributed by atoms with Crippen LogP contribution in [0.3, 0.4) is 0 Å². The Hall–Kier alpha value is -1.75. The number of carbonyl (C=O) groups excluding carboxylic acids is 1. The summed E-state index contributed by atoms with van der Waals surface area (Å²) in [6.07, 6.45) is 0.384. The fraction of sp³-hybridized carbons (Fsp3) is 0.533.